The highest BCUT2D eigenvalue weighted by molar-refractivity contribution is 6.80. The van der Waals surface area contributed by atoms with Crippen LogP contribution in [0.3, 0.4) is 0 Å². The Morgan fingerprint density at radius 3 is 1.87 bits per heavy atom. The highest BCUT2D eigenvalue weighted by Crippen LogP contribution is 2.60. The van der Waals surface area contributed by atoms with E-state index >= 15 is 0 Å². The SMILES string of the molecule is C=C1/C(=C\C=C2/CCC[C@]3(C)[C@@H]([C@H](C)/C=C/[C@H](C4CC4)C(C)(C)C)CC[C@@H]23)C[C@@H](O[Si](C)(C)C(C)(C)C)C[C@]1(O[SiH](c1ccccc1)c1ccccc1)O[Si](C)(C)C(C)(C)C. The summed E-state index contributed by atoms with van der Waals surface area (Å²) in [4.78, 5) is 0. The molecule has 61 heavy (non-hydrogen) atoms. The number of hydrogen-bond acceptors (Lipinski definition) is 3. The molecule has 3 nitrogen and oxygen atoms in total. The second-order valence-electron chi connectivity index (χ2n) is 24.3. The Kier molecular flexibility index (Phi) is 14.3. The standard InChI is InChI=1S/C55H86O3Si3/c1-40(29-34-49(43-30-31-43)51(3,4)5)48-35-36-50-42(24-23-37-54(48,50)12)32-33-44-38-45(56-60(13,14)52(6,7)8)39-55(41(44)2,58-61(15,16)53(9,10)11)57-59(46-25-19-17-20-26-46)47-27-21-18-22-28-47/h17-22,25-29,32-34,40,43,45,48-50,59H,2,23-24,30-31,35-39H2,1,3-16H3/b34-29+,42-32+,44-33-/t40-,45-,48-,49-,50+,54-,55+/m1/s1. The maximum absolute atomic E-state index is 7.87. The fourth-order valence-electron chi connectivity index (χ4n) is 10.9. The Morgan fingerprint density at radius 1 is 0.770 bits per heavy atom. The quantitative estimate of drug-likeness (QED) is 0.114. The summed E-state index contributed by atoms with van der Waals surface area (Å²) >= 11 is 0. The van der Waals surface area contributed by atoms with Crippen LogP contribution in [0.2, 0.25) is 36.3 Å². The molecule has 336 valence electrons. The first-order valence-corrected chi connectivity index (χ1v) is 31.7. The zero-order valence-electron chi connectivity index (χ0n) is 41.4. The van der Waals surface area contributed by atoms with E-state index in [0.717, 1.165) is 17.9 Å². The van der Waals surface area contributed by atoms with Crippen LogP contribution in [0.15, 0.2) is 108 Å². The smallest absolute Gasteiger partial charge is 0.244 e. The Morgan fingerprint density at radius 2 is 1.34 bits per heavy atom. The van der Waals surface area contributed by atoms with Gasteiger partial charge in [-0.3, -0.25) is 0 Å². The monoisotopic (exact) mass is 879 g/mol. The summed E-state index contributed by atoms with van der Waals surface area (Å²) in [5.41, 5.74) is 4.53. The van der Waals surface area contributed by atoms with E-state index in [0.29, 0.717) is 40.9 Å². The van der Waals surface area contributed by atoms with Crippen molar-refractivity contribution >= 4 is 36.0 Å². The first-order chi connectivity index (χ1) is 28.3. The van der Waals surface area contributed by atoms with Gasteiger partial charge >= 0.3 is 0 Å². The highest BCUT2D eigenvalue weighted by Gasteiger charge is 2.54. The summed E-state index contributed by atoms with van der Waals surface area (Å²) in [6.07, 6.45) is 20.9. The van der Waals surface area contributed by atoms with Crippen molar-refractivity contribution in [3.8, 4) is 0 Å². The van der Waals surface area contributed by atoms with Gasteiger partial charge in [-0.1, -0.05) is 173 Å². The Balaban J connectivity index is 1.41. The number of hydrogen-bond donors (Lipinski definition) is 0. The zero-order chi connectivity index (χ0) is 44.8. The van der Waals surface area contributed by atoms with Gasteiger partial charge in [-0.05, 0) is 144 Å². The van der Waals surface area contributed by atoms with Gasteiger partial charge in [0.1, 0.15) is 0 Å². The topological polar surface area (TPSA) is 27.7 Å². The molecule has 4 fully saturated rings. The maximum atomic E-state index is 7.87. The molecule has 0 heterocycles. The van der Waals surface area contributed by atoms with Gasteiger partial charge in [0.05, 0.1) is 6.10 Å². The molecule has 4 aliphatic rings. The van der Waals surface area contributed by atoms with Crippen molar-refractivity contribution < 1.29 is 13.3 Å². The average molecular weight is 880 g/mol. The molecule has 0 aromatic heterocycles. The van der Waals surface area contributed by atoms with Gasteiger partial charge in [0, 0.05) is 12.0 Å². The molecule has 0 radical (unpaired) electrons. The minimum Gasteiger partial charge on any atom is -0.413 e. The van der Waals surface area contributed by atoms with Crippen molar-refractivity contribution in [3.63, 3.8) is 0 Å². The van der Waals surface area contributed by atoms with Crippen LogP contribution in [-0.4, -0.2) is 37.6 Å². The van der Waals surface area contributed by atoms with Crippen LogP contribution in [0.25, 0.3) is 0 Å². The zero-order valence-corrected chi connectivity index (χ0v) is 44.6. The van der Waals surface area contributed by atoms with E-state index in [9.17, 15) is 0 Å². The molecular formula is C55H86O3Si3. The van der Waals surface area contributed by atoms with Crippen LogP contribution in [-0.2, 0) is 13.3 Å². The lowest BCUT2D eigenvalue weighted by Crippen LogP contribution is -2.61. The van der Waals surface area contributed by atoms with Gasteiger partial charge in [0.2, 0.25) is 9.04 Å². The van der Waals surface area contributed by atoms with Crippen LogP contribution < -0.4 is 10.4 Å². The van der Waals surface area contributed by atoms with Crippen molar-refractivity contribution in [1.29, 1.82) is 0 Å². The van der Waals surface area contributed by atoms with Crippen molar-refractivity contribution in [1.82, 2.24) is 0 Å². The molecule has 0 saturated heterocycles. The van der Waals surface area contributed by atoms with Crippen molar-refractivity contribution in [3.05, 3.63) is 108 Å². The first kappa shape index (κ1) is 48.4. The molecule has 7 atom stereocenters. The third-order valence-corrected chi connectivity index (χ3v) is 28.3. The molecule has 4 aliphatic carbocycles. The summed E-state index contributed by atoms with van der Waals surface area (Å²) in [5, 5.41) is 2.56. The number of rotatable bonds is 13. The Bertz CT molecular complexity index is 1860. The summed E-state index contributed by atoms with van der Waals surface area (Å²) < 4.78 is 23.1. The van der Waals surface area contributed by atoms with Gasteiger partial charge in [-0.25, -0.2) is 0 Å². The van der Waals surface area contributed by atoms with E-state index in [2.05, 4.69) is 187 Å². The van der Waals surface area contributed by atoms with E-state index in [1.54, 1.807) is 5.57 Å². The molecule has 4 saturated carbocycles. The summed E-state index contributed by atoms with van der Waals surface area (Å²) in [6, 6.07) is 21.8. The van der Waals surface area contributed by atoms with E-state index in [1.165, 1.54) is 60.9 Å². The summed E-state index contributed by atoms with van der Waals surface area (Å²) in [6.45, 7) is 41.2. The van der Waals surface area contributed by atoms with Crippen molar-refractivity contribution in [2.45, 2.75) is 182 Å². The van der Waals surface area contributed by atoms with Crippen LogP contribution in [0, 0.1) is 40.4 Å². The van der Waals surface area contributed by atoms with Crippen molar-refractivity contribution in [2.75, 3.05) is 0 Å². The Labute approximate surface area is 378 Å². The van der Waals surface area contributed by atoms with E-state index < -0.39 is 31.5 Å². The third-order valence-electron chi connectivity index (χ3n) is 16.7. The van der Waals surface area contributed by atoms with Gasteiger partial charge in [-0.15, -0.1) is 0 Å². The first-order valence-electron chi connectivity index (χ1n) is 24.2. The second-order valence-corrected chi connectivity index (χ2v) is 36.1. The number of fused-ring (bicyclic) bond motifs is 1. The number of allylic oxidation sites excluding steroid dienone is 5. The molecule has 0 aliphatic heterocycles. The van der Waals surface area contributed by atoms with Crippen LogP contribution in [0.1, 0.15) is 134 Å². The molecular weight excluding hydrogens is 793 g/mol. The van der Waals surface area contributed by atoms with E-state index in [-0.39, 0.29) is 16.2 Å². The minimum atomic E-state index is -2.41. The van der Waals surface area contributed by atoms with Gasteiger partial charge in [0.15, 0.2) is 22.4 Å². The average Bonchev–Trinajstić information content (AvgIpc) is 3.93. The fourth-order valence-corrected chi connectivity index (χ4v) is 16.2. The van der Waals surface area contributed by atoms with Crippen LogP contribution >= 0.6 is 0 Å². The molecule has 0 N–H and O–H groups in total. The fraction of sp³-hybridized carbons (Fsp3) is 0.636. The Hall–Kier alpha value is -2.07. The molecule has 0 spiro atoms. The molecule has 6 rings (SSSR count). The predicted molar refractivity (Wildman–Crippen MR) is 270 cm³/mol. The third kappa shape index (κ3) is 10.7. The summed E-state index contributed by atoms with van der Waals surface area (Å²) in [7, 11) is -6.86. The second kappa shape index (κ2) is 18.1. The molecule has 0 bridgehead atoms. The lowest BCUT2D eigenvalue weighted by Gasteiger charge is -2.52. The lowest BCUT2D eigenvalue weighted by atomic mass is 9.61. The largest absolute Gasteiger partial charge is 0.413 e. The molecule has 2 aromatic carbocycles. The molecule has 6 heteroatoms. The maximum Gasteiger partial charge on any atom is 0.244 e. The van der Waals surface area contributed by atoms with Gasteiger partial charge < -0.3 is 13.3 Å². The molecule has 2 aromatic rings. The van der Waals surface area contributed by atoms with Gasteiger partial charge in [-0.2, -0.15) is 0 Å². The van der Waals surface area contributed by atoms with Crippen molar-refractivity contribution in [2.24, 2.45) is 40.4 Å². The van der Waals surface area contributed by atoms with Crippen LogP contribution in [0.4, 0.5) is 0 Å². The van der Waals surface area contributed by atoms with E-state index in [4.69, 9.17) is 19.9 Å². The normalized spacial score (nSPS) is 29.4. The molecule has 0 unspecified atom stereocenters. The lowest BCUT2D eigenvalue weighted by molar-refractivity contribution is -0.122. The number of benzene rings is 2. The summed E-state index contributed by atoms with van der Waals surface area (Å²) in [5.74, 6) is 2.49. The minimum absolute atomic E-state index is 0.0251. The van der Waals surface area contributed by atoms with Gasteiger partial charge in [0.25, 0.3) is 0 Å². The molecule has 0 amide bonds. The highest BCUT2D eigenvalue weighted by atomic mass is 28.4. The van der Waals surface area contributed by atoms with Crippen LogP contribution in [0.5, 0.6) is 0 Å². The van der Waals surface area contributed by atoms with E-state index in [1.807, 2.05) is 0 Å². The predicted octanol–water partition coefficient (Wildman–Crippen LogP) is 14.3.